The molecule has 1 N–H and O–H groups in total. The van der Waals surface area contributed by atoms with E-state index in [4.69, 9.17) is 0 Å². The molecule has 4 rings (SSSR count). The van der Waals surface area contributed by atoms with Crippen molar-refractivity contribution in [1.82, 2.24) is 14.9 Å². The van der Waals surface area contributed by atoms with Crippen LogP contribution in [-0.2, 0) is 23.5 Å². The Hall–Kier alpha value is -3.50. The van der Waals surface area contributed by atoms with E-state index < -0.39 is 4.92 Å². The molecule has 10 heteroatoms. The Bertz CT molecular complexity index is 1390. The summed E-state index contributed by atoms with van der Waals surface area (Å²) in [5, 5.41) is 16.4. The zero-order valence-corrected chi connectivity index (χ0v) is 20.5. The van der Waals surface area contributed by atoms with Crippen molar-refractivity contribution in [1.29, 1.82) is 0 Å². The predicted octanol–water partition coefficient (Wildman–Crippen LogP) is 4.80. The predicted molar refractivity (Wildman–Crippen MR) is 139 cm³/mol. The Morgan fingerprint density at radius 1 is 1.11 bits per heavy atom. The molecule has 1 amide bonds. The molecule has 4 aromatic rings. The summed E-state index contributed by atoms with van der Waals surface area (Å²) in [6.07, 6.45) is 1.57. The number of thioether (sulfide) groups is 1. The highest BCUT2D eigenvalue weighted by molar-refractivity contribution is 7.98. The Balaban J connectivity index is 1.39. The van der Waals surface area contributed by atoms with Crippen molar-refractivity contribution in [3.05, 3.63) is 97.6 Å². The summed E-state index contributed by atoms with van der Waals surface area (Å²) < 4.78 is 2.19. The van der Waals surface area contributed by atoms with Gasteiger partial charge in [0, 0.05) is 37.4 Å². The summed E-state index contributed by atoms with van der Waals surface area (Å²) in [5.74, 6) is 0.383. The second-order valence-electron chi connectivity index (χ2n) is 7.89. The number of nitro groups is 1. The number of aromatic nitrogens is 2. The molecule has 0 aliphatic carbocycles. The van der Waals surface area contributed by atoms with E-state index in [1.807, 2.05) is 47.8 Å². The lowest BCUT2D eigenvalue weighted by atomic mass is 10.1. The van der Waals surface area contributed by atoms with E-state index in [1.54, 1.807) is 10.6 Å². The molecule has 2 heterocycles. The highest BCUT2D eigenvalue weighted by atomic mass is 32.2. The number of non-ortho nitro benzene ring substituents is 1. The van der Waals surface area contributed by atoms with Crippen LogP contribution in [0.5, 0.6) is 0 Å². The molecule has 0 unspecified atom stereocenters. The second-order valence-corrected chi connectivity index (χ2v) is 9.75. The fraction of sp³-hybridized carbons (Fsp3) is 0.240. The minimum Gasteiger partial charge on any atom is -0.356 e. The summed E-state index contributed by atoms with van der Waals surface area (Å²) in [6, 6.07) is 18.2. The highest BCUT2D eigenvalue weighted by Gasteiger charge is 2.14. The maximum Gasteiger partial charge on any atom is 0.272 e. The first kappa shape index (κ1) is 24.6. The van der Waals surface area contributed by atoms with E-state index in [2.05, 4.69) is 10.3 Å². The minimum absolute atomic E-state index is 0.0278. The van der Waals surface area contributed by atoms with Gasteiger partial charge in [0.15, 0.2) is 5.16 Å². The average Bonchev–Trinajstić information content (AvgIpc) is 3.34. The largest absolute Gasteiger partial charge is 0.356 e. The molecule has 8 nitrogen and oxygen atoms in total. The molecule has 0 saturated carbocycles. The van der Waals surface area contributed by atoms with Crippen molar-refractivity contribution in [2.45, 2.75) is 36.7 Å². The van der Waals surface area contributed by atoms with E-state index in [-0.39, 0.29) is 17.2 Å². The Morgan fingerprint density at radius 3 is 2.71 bits per heavy atom. The number of thiophene rings is 1. The van der Waals surface area contributed by atoms with Gasteiger partial charge in [-0.25, -0.2) is 4.98 Å². The zero-order chi connectivity index (χ0) is 24.6. The number of amides is 1. The summed E-state index contributed by atoms with van der Waals surface area (Å²) >= 11 is 2.70. The lowest BCUT2D eigenvalue weighted by Crippen LogP contribution is -2.27. The molecule has 180 valence electrons. The van der Waals surface area contributed by atoms with E-state index in [0.717, 1.165) is 12.0 Å². The molecule has 0 fully saturated rings. The van der Waals surface area contributed by atoms with E-state index in [9.17, 15) is 19.7 Å². The Morgan fingerprint density at radius 2 is 1.91 bits per heavy atom. The van der Waals surface area contributed by atoms with Gasteiger partial charge in [0.05, 0.1) is 10.4 Å². The van der Waals surface area contributed by atoms with Crippen molar-refractivity contribution in [2.75, 3.05) is 6.54 Å². The number of carbonyl (C=O) groups excluding carboxylic acids is 1. The lowest BCUT2D eigenvalue weighted by molar-refractivity contribution is -0.384. The number of rotatable bonds is 11. The van der Waals surface area contributed by atoms with E-state index >= 15 is 0 Å². The van der Waals surface area contributed by atoms with E-state index in [0.29, 0.717) is 47.1 Å². The third-order valence-corrected chi connectivity index (χ3v) is 7.32. The summed E-state index contributed by atoms with van der Waals surface area (Å²) in [7, 11) is 0. The van der Waals surface area contributed by atoms with Crippen LogP contribution in [0.4, 0.5) is 5.69 Å². The van der Waals surface area contributed by atoms with Crippen LogP contribution in [0.15, 0.2) is 76.0 Å². The molecule has 0 aliphatic heterocycles. The lowest BCUT2D eigenvalue weighted by Gasteiger charge is -2.12. The zero-order valence-electron chi connectivity index (χ0n) is 18.9. The van der Waals surface area contributed by atoms with Crippen LogP contribution in [0, 0.1) is 10.1 Å². The number of fused-ring (bicyclic) bond motifs is 1. The van der Waals surface area contributed by atoms with Crippen LogP contribution in [-0.4, -0.2) is 26.9 Å². The van der Waals surface area contributed by atoms with Gasteiger partial charge in [0.1, 0.15) is 4.70 Å². The number of hydrogen-bond acceptors (Lipinski definition) is 7. The molecule has 0 aliphatic rings. The number of benzene rings is 2. The monoisotopic (exact) mass is 508 g/mol. The molecule has 0 saturated heterocycles. The fourth-order valence-corrected chi connectivity index (χ4v) is 5.36. The molecule has 0 radical (unpaired) electrons. The molecule has 35 heavy (non-hydrogen) atoms. The molecular formula is C25H24N4O4S2. The van der Waals surface area contributed by atoms with Gasteiger partial charge in [-0.05, 0) is 35.4 Å². The average molecular weight is 509 g/mol. The highest BCUT2D eigenvalue weighted by Crippen LogP contribution is 2.25. The number of nitro benzene ring substituents is 1. The topological polar surface area (TPSA) is 107 Å². The quantitative estimate of drug-likeness (QED) is 0.135. The van der Waals surface area contributed by atoms with Gasteiger partial charge >= 0.3 is 0 Å². The van der Waals surface area contributed by atoms with Crippen molar-refractivity contribution < 1.29 is 9.72 Å². The van der Waals surface area contributed by atoms with Gasteiger partial charge < -0.3 is 5.32 Å². The number of nitrogens with zero attached hydrogens (tertiary/aromatic N) is 3. The number of nitrogens with one attached hydrogen (secondary N) is 1. The first-order valence-corrected chi connectivity index (χ1v) is 13.0. The van der Waals surface area contributed by atoms with Gasteiger partial charge in [-0.1, -0.05) is 54.2 Å². The number of hydrogen-bond donors (Lipinski definition) is 1. The van der Waals surface area contributed by atoms with Crippen LogP contribution in [0.1, 0.15) is 24.0 Å². The Labute approximate surface area is 210 Å². The molecule has 0 bridgehead atoms. The third kappa shape index (κ3) is 6.55. The first-order valence-electron chi connectivity index (χ1n) is 11.2. The molecule has 0 spiro atoms. The van der Waals surface area contributed by atoms with Gasteiger partial charge in [0.25, 0.3) is 11.2 Å². The van der Waals surface area contributed by atoms with Crippen LogP contribution < -0.4 is 10.9 Å². The maximum absolute atomic E-state index is 13.1. The van der Waals surface area contributed by atoms with Gasteiger partial charge in [-0.2, -0.15) is 0 Å². The smallest absolute Gasteiger partial charge is 0.272 e. The van der Waals surface area contributed by atoms with Gasteiger partial charge in [0.2, 0.25) is 5.91 Å². The molecule has 2 aromatic heterocycles. The number of carbonyl (C=O) groups is 1. The Kier molecular flexibility index (Phi) is 8.27. The molecule has 0 atom stereocenters. The van der Waals surface area contributed by atoms with Crippen molar-refractivity contribution in [3.8, 4) is 0 Å². The summed E-state index contributed by atoms with van der Waals surface area (Å²) in [4.78, 5) is 40.7. The van der Waals surface area contributed by atoms with Crippen LogP contribution in [0.3, 0.4) is 0 Å². The van der Waals surface area contributed by atoms with Gasteiger partial charge in [-0.15, -0.1) is 11.3 Å². The normalized spacial score (nSPS) is 11.0. The van der Waals surface area contributed by atoms with Crippen molar-refractivity contribution in [3.63, 3.8) is 0 Å². The van der Waals surface area contributed by atoms with Crippen molar-refractivity contribution in [2.24, 2.45) is 0 Å². The second kappa shape index (κ2) is 11.8. The first-order chi connectivity index (χ1) is 17.0. The minimum atomic E-state index is -0.426. The van der Waals surface area contributed by atoms with Gasteiger partial charge in [-0.3, -0.25) is 24.3 Å². The van der Waals surface area contributed by atoms with Crippen LogP contribution >= 0.6 is 23.1 Å². The van der Waals surface area contributed by atoms with Crippen LogP contribution in [0.25, 0.3) is 10.2 Å². The molecular weight excluding hydrogens is 484 g/mol. The maximum atomic E-state index is 13.1. The fourth-order valence-electron chi connectivity index (χ4n) is 3.62. The standard InChI is InChI=1S/C25H24N4O4S2/c30-22(26-13-11-18-6-2-1-3-7-18)10-5-14-28-24(31)23-21(12-15-34-23)27-25(28)35-17-19-8-4-9-20(16-19)29(32)33/h1-4,6-9,12,15-16H,5,10-11,13-14,17H2,(H,26,30). The van der Waals surface area contributed by atoms with Crippen LogP contribution in [0.2, 0.25) is 0 Å². The summed E-state index contributed by atoms with van der Waals surface area (Å²) in [6.45, 7) is 0.929. The summed E-state index contributed by atoms with van der Waals surface area (Å²) in [5.41, 5.74) is 2.47. The SMILES string of the molecule is O=C(CCCn1c(SCc2cccc([N+](=O)[O-])c2)nc2ccsc2c1=O)NCCc1ccccc1. The molecule has 2 aromatic carbocycles. The van der Waals surface area contributed by atoms with Crippen molar-refractivity contribution >= 4 is 44.9 Å². The third-order valence-electron chi connectivity index (χ3n) is 5.38. The van der Waals surface area contributed by atoms with E-state index in [1.165, 1.54) is 40.8 Å².